The first-order valence-corrected chi connectivity index (χ1v) is 7.12. The van der Waals surface area contributed by atoms with Crippen LogP contribution in [0.1, 0.15) is 25.7 Å². The quantitative estimate of drug-likeness (QED) is 0.721. The average molecular weight is 269 g/mol. The molecule has 0 aromatic rings. The molecular formula is C13H23N3O3. The van der Waals surface area contributed by atoms with Crippen LogP contribution in [0.5, 0.6) is 0 Å². The van der Waals surface area contributed by atoms with Crippen molar-refractivity contribution in [1.82, 2.24) is 15.5 Å². The second kappa shape index (κ2) is 7.45. The highest BCUT2D eigenvalue weighted by Gasteiger charge is 2.19. The normalized spacial score (nSPS) is 21.9. The Kier molecular flexibility index (Phi) is 5.60. The van der Waals surface area contributed by atoms with E-state index in [1.807, 2.05) is 0 Å². The van der Waals surface area contributed by atoms with Gasteiger partial charge in [-0.15, -0.1) is 0 Å². The maximum absolute atomic E-state index is 12.0. The number of piperidine rings is 1. The summed E-state index contributed by atoms with van der Waals surface area (Å²) < 4.78 is 5.73. The van der Waals surface area contributed by atoms with Crippen LogP contribution in [0.15, 0.2) is 0 Å². The molecule has 0 aromatic carbocycles. The van der Waals surface area contributed by atoms with E-state index in [4.69, 9.17) is 4.74 Å². The summed E-state index contributed by atoms with van der Waals surface area (Å²) >= 11 is 0. The highest BCUT2D eigenvalue weighted by molar-refractivity contribution is 5.80. The summed E-state index contributed by atoms with van der Waals surface area (Å²) in [5, 5.41) is 6.05. The highest BCUT2D eigenvalue weighted by atomic mass is 16.5. The van der Waals surface area contributed by atoms with Gasteiger partial charge in [-0.2, -0.15) is 0 Å². The topological polar surface area (TPSA) is 70.7 Å². The molecule has 0 unspecified atom stereocenters. The second-order valence-electron chi connectivity index (χ2n) is 5.05. The van der Waals surface area contributed by atoms with Crippen LogP contribution in [0.2, 0.25) is 0 Å². The molecule has 6 heteroatoms. The number of rotatable bonds is 4. The van der Waals surface area contributed by atoms with Gasteiger partial charge in [-0.1, -0.05) is 0 Å². The molecule has 6 nitrogen and oxygen atoms in total. The maximum atomic E-state index is 12.0. The van der Waals surface area contributed by atoms with Crippen molar-refractivity contribution >= 4 is 11.8 Å². The predicted octanol–water partition coefficient (Wildman–Crippen LogP) is -0.506. The molecule has 0 aliphatic carbocycles. The Morgan fingerprint density at radius 3 is 2.84 bits per heavy atom. The lowest BCUT2D eigenvalue weighted by Gasteiger charge is -2.24. The average Bonchev–Trinajstić information content (AvgIpc) is 2.65. The lowest BCUT2D eigenvalue weighted by molar-refractivity contribution is -0.132. The molecule has 0 bridgehead atoms. The van der Waals surface area contributed by atoms with E-state index >= 15 is 0 Å². The number of ether oxygens (including phenoxy) is 1. The van der Waals surface area contributed by atoms with E-state index in [9.17, 15) is 9.59 Å². The Bertz CT molecular complexity index is 316. The largest absolute Gasteiger partial charge is 0.378 e. The number of hydrogen-bond donors (Lipinski definition) is 2. The minimum atomic E-state index is 0.0289. The molecule has 0 saturated carbocycles. The summed E-state index contributed by atoms with van der Waals surface area (Å²) in [6, 6.07) is 0. The summed E-state index contributed by atoms with van der Waals surface area (Å²) in [5.41, 5.74) is 0. The van der Waals surface area contributed by atoms with Gasteiger partial charge >= 0.3 is 0 Å². The summed E-state index contributed by atoms with van der Waals surface area (Å²) in [6.07, 6.45) is 3.16. The molecule has 2 aliphatic heterocycles. The van der Waals surface area contributed by atoms with Crippen molar-refractivity contribution in [2.24, 2.45) is 0 Å². The molecule has 2 heterocycles. The van der Waals surface area contributed by atoms with Gasteiger partial charge in [0.2, 0.25) is 11.8 Å². The number of nitrogens with one attached hydrogen (secondary N) is 2. The molecule has 108 valence electrons. The molecule has 2 aliphatic rings. The van der Waals surface area contributed by atoms with E-state index in [2.05, 4.69) is 10.6 Å². The second-order valence-corrected chi connectivity index (χ2v) is 5.05. The van der Waals surface area contributed by atoms with Crippen LogP contribution in [0.4, 0.5) is 0 Å². The Balaban J connectivity index is 1.64. The van der Waals surface area contributed by atoms with Crippen molar-refractivity contribution in [1.29, 1.82) is 0 Å². The Labute approximate surface area is 113 Å². The van der Waals surface area contributed by atoms with Gasteiger partial charge < -0.3 is 20.3 Å². The lowest BCUT2D eigenvalue weighted by Crippen LogP contribution is -2.36. The molecule has 0 aromatic heterocycles. The van der Waals surface area contributed by atoms with Crippen molar-refractivity contribution in [2.45, 2.75) is 31.8 Å². The number of hydrogen-bond acceptors (Lipinski definition) is 4. The van der Waals surface area contributed by atoms with Crippen LogP contribution in [-0.4, -0.2) is 62.1 Å². The Hall–Kier alpha value is -1.14. The van der Waals surface area contributed by atoms with Crippen LogP contribution in [0.25, 0.3) is 0 Å². The first-order chi connectivity index (χ1) is 9.25. The summed E-state index contributed by atoms with van der Waals surface area (Å²) in [5.74, 6) is 0.117. The Morgan fingerprint density at radius 1 is 1.26 bits per heavy atom. The SMILES string of the molecule is O=C1CCN(C(=O)CCOC2CCNCC2)CCN1. The van der Waals surface area contributed by atoms with Crippen molar-refractivity contribution in [3.63, 3.8) is 0 Å². The van der Waals surface area contributed by atoms with Crippen molar-refractivity contribution in [3.05, 3.63) is 0 Å². The van der Waals surface area contributed by atoms with Crippen molar-refractivity contribution in [2.75, 3.05) is 39.3 Å². The first-order valence-electron chi connectivity index (χ1n) is 7.12. The number of nitrogens with zero attached hydrogens (tertiary/aromatic N) is 1. The zero-order chi connectivity index (χ0) is 13.5. The van der Waals surface area contributed by atoms with Gasteiger partial charge in [-0.25, -0.2) is 0 Å². The van der Waals surface area contributed by atoms with Crippen molar-refractivity contribution in [3.8, 4) is 0 Å². The van der Waals surface area contributed by atoms with Gasteiger partial charge in [-0.05, 0) is 25.9 Å². The number of carbonyl (C=O) groups is 2. The molecule has 0 atom stereocenters. The van der Waals surface area contributed by atoms with Gasteiger partial charge in [-0.3, -0.25) is 9.59 Å². The molecule has 0 radical (unpaired) electrons. The third kappa shape index (κ3) is 4.80. The van der Waals surface area contributed by atoms with Gasteiger partial charge in [0.1, 0.15) is 0 Å². The first kappa shape index (κ1) is 14.3. The molecule has 2 amide bonds. The maximum Gasteiger partial charge on any atom is 0.224 e. The van der Waals surface area contributed by atoms with Crippen LogP contribution >= 0.6 is 0 Å². The number of carbonyl (C=O) groups excluding carboxylic acids is 2. The van der Waals surface area contributed by atoms with Gasteiger partial charge in [0.25, 0.3) is 0 Å². The van der Waals surface area contributed by atoms with E-state index in [-0.39, 0.29) is 11.8 Å². The monoisotopic (exact) mass is 269 g/mol. The van der Waals surface area contributed by atoms with Crippen molar-refractivity contribution < 1.29 is 14.3 Å². The molecule has 19 heavy (non-hydrogen) atoms. The molecule has 2 N–H and O–H groups in total. The smallest absolute Gasteiger partial charge is 0.224 e. The van der Waals surface area contributed by atoms with Crippen LogP contribution in [0.3, 0.4) is 0 Å². The van der Waals surface area contributed by atoms with E-state index in [0.29, 0.717) is 45.2 Å². The summed E-state index contributed by atoms with van der Waals surface area (Å²) in [4.78, 5) is 24.9. The van der Waals surface area contributed by atoms with E-state index in [1.54, 1.807) is 4.90 Å². The van der Waals surface area contributed by atoms with E-state index in [0.717, 1.165) is 25.9 Å². The molecular weight excluding hydrogens is 246 g/mol. The molecule has 0 spiro atoms. The summed E-state index contributed by atoms with van der Waals surface area (Å²) in [6.45, 7) is 4.17. The third-order valence-corrected chi connectivity index (χ3v) is 3.62. The van der Waals surface area contributed by atoms with Gasteiger partial charge in [0, 0.05) is 26.1 Å². The van der Waals surface area contributed by atoms with Crippen LogP contribution in [-0.2, 0) is 14.3 Å². The fourth-order valence-corrected chi connectivity index (χ4v) is 2.45. The Morgan fingerprint density at radius 2 is 2.05 bits per heavy atom. The highest BCUT2D eigenvalue weighted by Crippen LogP contribution is 2.08. The molecule has 2 rings (SSSR count). The minimum Gasteiger partial charge on any atom is -0.378 e. The fourth-order valence-electron chi connectivity index (χ4n) is 2.45. The molecule has 2 fully saturated rings. The van der Waals surface area contributed by atoms with Gasteiger partial charge in [0.15, 0.2) is 0 Å². The van der Waals surface area contributed by atoms with Gasteiger partial charge in [0.05, 0.1) is 19.1 Å². The molecule has 2 saturated heterocycles. The van der Waals surface area contributed by atoms with Crippen LogP contribution < -0.4 is 10.6 Å². The number of amides is 2. The third-order valence-electron chi connectivity index (χ3n) is 3.62. The van der Waals surface area contributed by atoms with E-state index < -0.39 is 0 Å². The predicted molar refractivity (Wildman–Crippen MR) is 70.7 cm³/mol. The zero-order valence-electron chi connectivity index (χ0n) is 11.3. The fraction of sp³-hybridized carbons (Fsp3) is 0.846. The van der Waals surface area contributed by atoms with Crippen LogP contribution in [0, 0.1) is 0 Å². The van der Waals surface area contributed by atoms with E-state index in [1.165, 1.54) is 0 Å². The minimum absolute atomic E-state index is 0.0289. The lowest BCUT2D eigenvalue weighted by atomic mass is 10.1. The zero-order valence-corrected chi connectivity index (χ0v) is 11.3. The summed E-state index contributed by atoms with van der Waals surface area (Å²) in [7, 11) is 0. The standard InChI is InChI=1S/C13H23N3O3/c17-12-3-8-16(9-7-15-12)13(18)4-10-19-11-1-5-14-6-2-11/h11,14H,1-10H2,(H,15,17).